The first kappa shape index (κ1) is 19.0. The molecule has 3 aromatic rings. The zero-order valence-electron chi connectivity index (χ0n) is 13.4. The lowest BCUT2D eigenvalue weighted by Gasteiger charge is -2.17. The summed E-state index contributed by atoms with van der Waals surface area (Å²) in [6.07, 6.45) is -0.612. The smallest absolute Gasteiger partial charge is 0.338 e. The zero-order valence-corrected chi connectivity index (χ0v) is 15.0. The van der Waals surface area contributed by atoms with E-state index in [1.807, 2.05) is 0 Å². The van der Waals surface area contributed by atoms with Gasteiger partial charge in [-0.15, -0.1) is 0 Å². The van der Waals surface area contributed by atoms with Gasteiger partial charge in [0.2, 0.25) is 15.3 Å². The number of benzene rings is 1. The fourth-order valence-corrected chi connectivity index (χ4v) is 2.93. The summed E-state index contributed by atoms with van der Waals surface area (Å²) in [6.45, 7) is 0. The monoisotopic (exact) mass is 418 g/mol. The number of hydrogen-bond acceptors (Lipinski definition) is 7. The molecule has 0 bridgehead atoms. The first-order valence-corrected chi connectivity index (χ1v) is 9.40. The van der Waals surface area contributed by atoms with Gasteiger partial charge in [0.25, 0.3) is 0 Å². The van der Waals surface area contributed by atoms with Gasteiger partial charge in [-0.25, -0.2) is 13.4 Å². The molecule has 13 heteroatoms. The van der Waals surface area contributed by atoms with E-state index >= 15 is 0 Å². The van der Waals surface area contributed by atoms with Crippen LogP contribution in [0.15, 0.2) is 30.7 Å². The summed E-state index contributed by atoms with van der Waals surface area (Å²) < 4.78 is 65.3. The van der Waals surface area contributed by atoms with Gasteiger partial charge in [-0.2, -0.15) is 18.2 Å². The normalized spacial score (nSPS) is 12.2. The number of alkyl halides is 3. The van der Waals surface area contributed by atoms with Gasteiger partial charge in [-0.3, -0.25) is 14.7 Å². The second-order valence-electron chi connectivity index (χ2n) is 5.31. The maximum Gasteiger partial charge on any atom is 0.421 e. The summed E-state index contributed by atoms with van der Waals surface area (Å²) in [4.78, 5) is 15.0. The topological polar surface area (TPSA) is 110 Å². The summed E-state index contributed by atoms with van der Waals surface area (Å²) >= 11 is 5.61. The molecule has 2 N–H and O–H groups in total. The maximum atomic E-state index is 13.2. The molecule has 142 valence electrons. The number of anilines is 3. The molecule has 2 aromatic heterocycles. The van der Waals surface area contributed by atoms with Crippen LogP contribution in [0.5, 0.6) is 0 Å². The molecule has 0 unspecified atom stereocenters. The Morgan fingerprint density at radius 1 is 1.11 bits per heavy atom. The minimum absolute atomic E-state index is 0.0197. The van der Waals surface area contributed by atoms with Crippen molar-refractivity contribution in [1.82, 2.24) is 19.9 Å². The Morgan fingerprint density at radius 3 is 2.48 bits per heavy atom. The predicted molar refractivity (Wildman–Crippen MR) is 93.3 cm³/mol. The highest BCUT2D eigenvalue weighted by Crippen LogP contribution is 2.37. The Labute approximate surface area is 155 Å². The minimum atomic E-state index is -4.76. The molecule has 0 saturated heterocycles. The Kier molecular flexibility index (Phi) is 4.78. The van der Waals surface area contributed by atoms with Crippen LogP contribution in [0.4, 0.5) is 30.4 Å². The first-order valence-electron chi connectivity index (χ1n) is 7.13. The molecule has 3 rings (SSSR count). The summed E-state index contributed by atoms with van der Waals surface area (Å²) in [5, 5.41) is 2.04. The van der Waals surface area contributed by atoms with E-state index in [1.165, 1.54) is 24.5 Å². The third-order valence-corrected chi connectivity index (χ3v) is 4.00. The molecule has 0 atom stereocenters. The zero-order chi connectivity index (χ0) is 19.8. The Morgan fingerprint density at radius 2 is 1.81 bits per heavy atom. The van der Waals surface area contributed by atoms with Crippen LogP contribution in [0.3, 0.4) is 0 Å². The first-order chi connectivity index (χ1) is 12.5. The summed E-state index contributed by atoms with van der Waals surface area (Å²) in [5.41, 5.74) is -0.788. The number of nitrogens with zero attached hydrogens (tertiary/aromatic N) is 4. The number of hydrogen-bond donors (Lipinski definition) is 2. The second kappa shape index (κ2) is 6.78. The van der Waals surface area contributed by atoms with Crippen molar-refractivity contribution < 1.29 is 21.6 Å². The highest BCUT2D eigenvalue weighted by molar-refractivity contribution is 7.92. The molecular weight excluding hydrogens is 409 g/mol. The van der Waals surface area contributed by atoms with Gasteiger partial charge in [0.15, 0.2) is 0 Å². The van der Waals surface area contributed by atoms with Crippen LogP contribution < -0.4 is 10.0 Å². The second-order valence-corrected chi connectivity index (χ2v) is 7.40. The van der Waals surface area contributed by atoms with Gasteiger partial charge in [0.05, 0.1) is 23.1 Å². The van der Waals surface area contributed by atoms with E-state index in [4.69, 9.17) is 11.6 Å². The van der Waals surface area contributed by atoms with Crippen molar-refractivity contribution in [3.63, 3.8) is 0 Å². The van der Waals surface area contributed by atoms with Crippen LogP contribution in [-0.4, -0.2) is 34.6 Å². The molecule has 0 amide bonds. The van der Waals surface area contributed by atoms with Crippen molar-refractivity contribution >= 4 is 49.9 Å². The van der Waals surface area contributed by atoms with Gasteiger partial charge < -0.3 is 5.32 Å². The van der Waals surface area contributed by atoms with E-state index in [-0.39, 0.29) is 16.9 Å². The molecule has 0 fully saturated rings. The van der Waals surface area contributed by atoms with Crippen molar-refractivity contribution in [2.24, 2.45) is 0 Å². The Hall–Kier alpha value is -2.73. The number of rotatable bonds is 4. The van der Waals surface area contributed by atoms with Crippen LogP contribution in [0, 0.1) is 0 Å². The molecule has 0 saturated carbocycles. The molecule has 27 heavy (non-hydrogen) atoms. The SMILES string of the molecule is CS(=O)(=O)Nc1c(Nc2nc(Cl)ncc2C(F)(F)F)ccc2nccnc12. The molecule has 1 aromatic carbocycles. The van der Waals surface area contributed by atoms with Crippen LogP contribution in [0.1, 0.15) is 5.56 Å². The molecular formula is C14H10ClF3N6O2S. The van der Waals surface area contributed by atoms with Crippen LogP contribution in [0.25, 0.3) is 11.0 Å². The minimum Gasteiger partial charge on any atom is -0.338 e. The third-order valence-electron chi connectivity index (χ3n) is 3.25. The van der Waals surface area contributed by atoms with Crippen molar-refractivity contribution in [3.8, 4) is 0 Å². The highest BCUT2D eigenvalue weighted by Gasteiger charge is 2.35. The van der Waals surface area contributed by atoms with E-state index in [2.05, 4.69) is 30.0 Å². The number of fused-ring (bicyclic) bond motifs is 1. The van der Waals surface area contributed by atoms with E-state index < -0.39 is 32.9 Å². The molecule has 0 aliphatic carbocycles. The van der Waals surface area contributed by atoms with Gasteiger partial charge in [-0.1, -0.05) is 0 Å². The highest BCUT2D eigenvalue weighted by atomic mass is 35.5. The quantitative estimate of drug-likeness (QED) is 0.626. The maximum absolute atomic E-state index is 13.2. The standard InChI is InChI=1S/C14H10ClF3N6O2S/c1-27(25,26)24-11-9(3-2-8-10(11)20-5-4-19-8)22-12-7(14(16,17)18)6-21-13(15)23-12/h2-6,24H,1H3,(H,21,22,23). The van der Waals surface area contributed by atoms with Crippen LogP contribution >= 0.6 is 11.6 Å². The molecule has 2 heterocycles. The fraction of sp³-hybridized carbons (Fsp3) is 0.143. The molecule has 8 nitrogen and oxygen atoms in total. The fourth-order valence-electron chi connectivity index (χ4n) is 2.22. The van der Waals surface area contributed by atoms with E-state index in [1.54, 1.807) is 0 Å². The average molecular weight is 419 g/mol. The van der Waals surface area contributed by atoms with Crippen molar-refractivity contribution in [2.75, 3.05) is 16.3 Å². The summed E-state index contributed by atoms with van der Waals surface area (Å²) in [5.74, 6) is -0.637. The van der Waals surface area contributed by atoms with E-state index in [0.717, 1.165) is 6.26 Å². The Bertz CT molecular complexity index is 1120. The van der Waals surface area contributed by atoms with E-state index in [0.29, 0.717) is 11.7 Å². The van der Waals surface area contributed by atoms with Gasteiger partial charge in [-0.05, 0) is 23.7 Å². The van der Waals surface area contributed by atoms with Crippen LogP contribution in [0.2, 0.25) is 5.28 Å². The van der Waals surface area contributed by atoms with Gasteiger partial charge >= 0.3 is 6.18 Å². The Balaban J connectivity index is 2.19. The van der Waals surface area contributed by atoms with E-state index in [9.17, 15) is 21.6 Å². The average Bonchev–Trinajstić information content (AvgIpc) is 2.55. The van der Waals surface area contributed by atoms with Crippen molar-refractivity contribution in [2.45, 2.75) is 6.18 Å². The van der Waals surface area contributed by atoms with Crippen molar-refractivity contribution in [1.29, 1.82) is 0 Å². The number of halogens is 4. The van der Waals surface area contributed by atoms with Gasteiger partial charge in [0, 0.05) is 18.6 Å². The number of aromatic nitrogens is 4. The largest absolute Gasteiger partial charge is 0.421 e. The molecule has 0 aliphatic rings. The third kappa shape index (κ3) is 4.34. The lowest BCUT2D eigenvalue weighted by molar-refractivity contribution is -0.137. The number of nitrogens with one attached hydrogen (secondary N) is 2. The molecule has 0 spiro atoms. The lowest BCUT2D eigenvalue weighted by atomic mass is 10.2. The van der Waals surface area contributed by atoms with Crippen molar-refractivity contribution in [3.05, 3.63) is 41.6 Å². The summed E-state index contributed by atoms with van der Waals surface area (Å²) in [6, 6.07) is 2.81. The predicted octanol–water partition coefficient (Wildman–Crippen LogP) is 3.21. The van der Waals surface area contributed by atoms with Crippen LogP contribution in [-0.2, 0) is 16.2 Å². The molecule has 0 aliphatic heterocycles. The van der Waals surface area contributed by atoms with Gasteiger partial charge in [0.1, 0.15) is 16.9 Å². The number of sulfonamides is 1. The molecule has 0 radical (unpaired) electrons. The lowest BCUT2D eigenvalue weighted by Crippen LogP contribution is -2.14. The summed E-state index contributed by atoms with van der Waals surface area (Å²) in [7, 11) is -3.77.